The Kier molecular flexibility index (Phi) is 9.76. The van der Waals surface area contributed by atoms with Crippen LogP contribution in [0.2, 0.25) is 5.02 Å². The van der Waals surface area contributed by atoms with E-state index in [1.54, 1.807) is 30.3 Å². The van der Waals surface area contributed by atoms with Gasteiger partial charge in [-0.3, -0.25) is 34.3 Å². The van der Waals surface area contributed by atoms with Crippen LogP contribution in [0.5, 0.6) is 0 Å². The molecule has 4 amide bonds. The average Bonchev–Trinajstić information content (AvgIpc) is 3.65. The second-order valence-electron chi connectivity index (χ2n) is 17.0. The minimum atomic E-state index is -3.49. The average molecular weight is 824 g/mol. The molecular weight excluding hydrogens is 778 g/mol. The summed E-state index contributed by atoms with van der Waals surface area (Å²) in [5.74, 6) is -2.08. The van der Waals surface area contributed by atoms with E-state index >= 15 is 0 Å². The zero-order chi connectivity index (χ0) is 40.5. The number of anilines is 3. The topological polar surface area (TPSA) is 154 Å². The number of hydrogen-bond acceptors (Lipinski definition) is 11. The second-order valence-corrected chi connectivity index (χ2v) is 19.6. The zero-order valence-corrected chi connectivity index (χ0v) is 34.0. The zero-order valence-electron chi connectivity index (χ0n) is 32.4. The molecule has 6 aliphatic heterocycles. The SMILES string of the molecule is C[C@H]1CC2(CCN(c3ccc(S(=O)(=O)C4CCN(C5CN(c6ccc7c(c6)C(=O)N(C6CCC(=O)NC6=O)C7=O)C5)CC4)cc3)CC2)CN1c1ccc(C#N)c(Cl)c1. The minimum absolute atomic E-state index is 0.0711. The van der Waals surface area contributed by atoms with Crippen molar-refractivity contribution in [1.29, 1.82) is 5.26 Å². The molecule has 1 unspecified atom stereocenters. The maximum atomic E-state index is 13.8. The van der Waals surface area contributed by atoms with E-state index in [-0.39, 0.29) is 35.4 Å². The fourth-order valence-corrected chi connectivity index (χ4v) is 12.1. The minimum Gasteiger partial charge on any atom is -0.371 e. The molecule has 2 atom stereocenters. The summed E-state index contributed by atoms with van der Waals surface area (Å²) in [6, 6.07) is 20.1. The fraction of sp³-hybridized carbons (Fsp3) is 0.465. The van der Waals surface area contributed by atoms with Crippen LogP contribution in [0.15, 0.2) is 65.6 Å². The van der Waals surface area contributed by atoms with Gasteiger partial charge in [0.15, 0.2) is 9.84 Å². The summed E-state index contributed by atoms with van der Waals surface area (Å²) in [7, 11) is -3.49. The predicted octanol–water partition coefficient (Wildman–Crippen LogP) is 4.63. The first-order chi connectivity index (χ1) is 27.8. The van der Waals surface area contributed by atoms with Crippen LogP contribution in [-0.4, -0.2) is 111 Å². The van der Waals surface area contributed by atoms with Crippen molar-refractivity contribution in [2.24, 2.45) is 5.41 Å². The highest BCUT2D eigenvalue weighted by molar-refractivity contribution is 7.92. The highest BCUT2D eigenvalue weighted by Gasteiger charge is 2.46. The number of carbonyl (C=O) groups is 4. The normalized spacial score (nSPS) is 24.3. The Morgan fingerprint density at radius 1 is 0.810 bits per heavy atom. The van der Waals surface area contributed by atoms with Gasteiger partial charge in [0.05, 0.1) is 31.9 Å². The third-order valence-corrected chi connectivity index (χ3v) is 16.2. The summed E-state index contributed by atoms with van der Waals surface area (Å²) < 4.78 is 27.6. The monoisotopic (exact) mass is 823 g/mol. The van der Waals surface area contributed by atoms with Crippen molar-refractivity contribution in [1.82, 2.24) is 15.1 Å². The molecule has 15 heteroatoms. The number of benzene rings is 3. The lowest BCUT2D eigenvalue weighted by molar-refractivity contribution is -0.136. The molecule has 5 fully saturated rings. The summed E-state index contributed by atoms with van der Waals surface area (Å²) >= 11 is 6.37. The van der Waals surface area contributed by atoms with E-state index in [9.17, 15) is 32.9 Å². The van der Waals surface area contributed by atoms with E-state index in [1.807, 2.05) is 30.3 Å². The van der Waals surface area contributed by atoms with Gasteiger partial charge < -0.3 is 14.7 Å². The van der Waals surface area contributed by atoms with Gasteiger partial charge in [0.2, 0.25) is 11.8 Å². The number of likely N-dealkylation sites (tertiary alicyclic amines) is 1. The van der Waals surface area contributed by atoms with Crippen LogP contribution in [0.3, 0.4) is 0 Å². The molecule has 58 heavy (non-hydrogen) atoms. The highest BCUT2D eigenvalue weighted by Crippen LogP contribution is 2.46. The highest BCUT2D eigenvalue weighted by atomic mass is 35.5. The van der Waals surface area contributed by atoms with Crippen LogP contribution >= 0.6 is 11.6 Å². The molecule has 6 aliphatic rings. The Balaban J connectivity index is 0.757. The van der Waals surface area contributed by atoms with Crippen LogP contribution in [-0.2, 0) is 19.4 Å². The lowest BCUT2D eigenvalue weighted by Crippen LogP contribution is -2.61. The number of rotatable bonds is 7. The number of hydrogen-bond donors (Lipinski definition) is 1. The summed E-state index contributed by atoms with van der Waals surface area (Å²) in [5, 5.41) is 11.6. The van der Waals surface area contributed by atoms with E-state index in [2.05, 4.69) is 37.9 Å². The van der Waals surface area contributed by atoms with E-state index < -0.39 is 44.8 Å². The third-order valence-electron chi connectivity index (χ3n) is 13.6. The molecule has 1 N–H and O–H groups in total. The van der Waals surface area contributed by atoms with Crippen molar-refractivity contribution in [3.8, 4) is 6.07 Å². The van der Waals surface area contributed by atoms with Crippen molar-refractivity contribution in [3.63, 3.8) is 0 Å². The Morgan fingerprint density at radius 3 is 2.16 bits per heavy atom. The largest absolute Gasteiger partial charge is 0.371 e. The van der Waals surface area contributed by atoms with Gasteiger partial charge in [-0.25, -0.2) is 8.42 Å². The molecular formula is C43H46ClN7O6S. The summed E-state index contributed by atoms with van der Waals surface area (Å²) in [6.45, 7) is 7.83. The summed E-state index contributed by atoms with van der Waals surface area (Å²) in [4.78, 5) is 61.1. The number of halogens is 1. The van der Waals surface area contributed by atoms with Crippen molar-refractivity contribution in [2.45, 2.75) is 80.1 Å². The number of nitrogens with one attached hydrogen (secondary N) is 1. The standard InChI is InChI=1S/C43H46ClN7O6S/c1-27-22-43(26-50(27)31-3-2-28(23-45)37(44)21-31)14-18-48(19-15-43)29-4-7-33(8-5-29)58(56,57)34-12-16-47(17-13-34)32-24-49(25-32)30-6-9-35-36(20-30)42(55)51(41(35)54)38-10-11-39(52)46-40(38)53/h2-9,20-21,27,32,34,38H,10-19,22,24-26H2,1H3,(H,46,52,53)/t27-,38?/m0/s1. The van der Waals surface area contributed by atoms with Crippen LogP contribution < -0.4 is 20.0 Å². The maximum absolute atomic E-state index is 13.8. The summed E-state index contributed by atoms with van der Waals surface area (Å²) in [6.07, 6.45) is 4.50. The lowest BCUT2D eigenvalue weighted by atomic mass is 9.76. The molecule has 0 bridgehead atoms. The van der Waals surface area contributed by atoms with Crippen molar-refractivity contribution < 1.29 is 27.6 Å². The molecule has 3 aromatic rings. The molecule has 0 aliphatic carbocycles. The number of fused-ring (bicyclic) bond motifs is 1. The third kappa shape index (κ3) is 6.70. The molecule has 1 spiro atoms. The van der Waals surface area contributed by atoms with E-state index in [0.29, 0.717) is 47.5 Å². The van der Waals surface area contributed by atoms with Gasteiger partial charge in [0.1, 0.15) is 12.1 Å². The molecule has 0 radical (unpaired) electrons. The summed E-state index contributed by atoms with van der Waals surface area (Å²) in [5.41, 5.74) is 4.14. The lowest BCUT2D eigenvalue weighted by Gasteiger charge is -2.48. The van der Waals surface area contributed by atoms with Gasteiger partial charge in [-0.15, -0.1) is 0 Å². The number of piperidine rings is 3. The van der Waals surface area contributed by atoms with Crippen molar-refractivity contribution in [2.75, 3.05) is 60.5 Å². The van der Waals surface area contributed by atoms with Gasteiger partial charge in [0, 0.05) is 68.3 Å². The quantitative estimate of drug-likeness (QED) is 0.332. The first-order valence-electron chi connectivity index (χ1n) is 20.2. The first kappa shape index (κ1) is 38.5. The van der Waals surface area contributed by atoms with Crippen molar-refractivity contribution >= 4 is 62.1 Å². The van der Waals surface area contributed by atoms with E-state index in [0.717, 1.165) is 73.9 Å². The van der Waals surface area contributed by atoms with Gasteiger partial charge in [-0.1, -0.05) is 11.6 Å². The molecule has 3 aromatic carbocycles. The predicted molar refractivity (Wildman–Crippen MR) is 219 cm³/mol. The van der Waals surface area contributed by atoms with Gasteiger partial charge >= 0.3 is 0 Å². The Hall–Kier alpha value is -4.97. The molecule has 0 saturated carbocycles. The molecule has 6 heterocycles. The molecule has 9 rings (SSSR count). The number of amides is 4. The van der Waals surface area contributed by atoms with Crippen LogP contribution in [0, 0.1) is 16.7 Å². The maximum Gasteiger partial charge on any atom is 0.262 e. The first-order valence-corrected chi connectivity index (χ1v) is 22.2. The number of imide groups is 2. The second kappa shape index (κ2) is 14.7. The number of nitrogens with zero attached hydrogens (tertiary/aromatic N) is 6. The van der Waals surface area contributed by atoms with Gasteiger partial charge in [-0.05, 0) is 125 Å². The van der Waals surface area contributed by atoms with Crippen LogP contribution in [0.4, 0.5) is 17.1 Å². The molecule has 5 saturated heterocycles. The van der Waals surface area contributed by atoms with Crippen molar-refractivity contribution in [3.05, 3.63) is 82.4 Å². The number of carbonyl (C=O) groups excluding carboxylic acids is 4. The van der Waals surface area contributed by atoms with Gasteiger partial charge in [0.25, 0.3) is 11.8 Å². The van der Waals surface area contributed by atoms with Crippen LogP contribution in [0.25, 0.3) is 0 Å². The molecule has 13 nitrogen and oxygen atoms in total. The number of sulfone groups is 1. The van der Waals surface area contributed by atoms with Crippen LogP contribution in [0.1, 0.15) is 78.1 Å². The Bertz CT molecular complexity index is 2340. The smallest absolute Gasteiger partial charge is 0.262 e. The van der Waals surface area contributed by atoms with E-state index in [4.69, 9.17) is 11.6 Å². The molecule has 302 valence electrons. The van der Waals surface area contributed by atoms with E-state index in [1.165, 1.54) is 0 Å². The Morgan fingerprint density at radius 2 is 1.48 bits per heavy atom. The fourth-order valence-electron chi connectivity index (χ4n) is 10.2. The number of nitriles is 1. The molecule has 0 aromatic heterocycles. The van der Waals surface area contributed by atoms with Gasteiger partial charge in [-0.2, -0.15) is 5.26 Å². The Labute approximate surface area is 343 Å².